The lowest BCUT2D eigenvalue weighted by Crippen LogP contribution is -1.93. The van der Waals surface area contributed by atoms with Crippen LogP contribution < -0.4 is 0 Å². The van der Waals surface area contributed by atoms with Crippen molar-refractivity contribution >= 4 is 21.8 Å². The van der Waals surface area contributed by atoms with E-state index in [1.54, 1.807) is 0 Å². The molecule has 0 N–H and O–H groups in total. The zero-order chi connectivity index (χ0) is 21.5. The average molecular weight is 410 g/mol. The Morgan fingerprint density at radius 1 is 0.438 bits per heavy atom. The first-order valence-corrected chi connectivity index (χ1v) is 11.0. The van der Waals surface area contributed by atoms with Gasteiger partial charge in [-0.05, 0) is 65.1 Å². The van der Waals surface area contributed by atoms with Gasteiger partial charge in [-0.2, -0.15) is 0 Å². The van der Waals surface area contributed by atoms with Gasteiger partial charge in [0.2, 0.25) is 0 Å². The van der Waals surface area contributed by atoms with E-state index < -0.39 is 0 Å². The van der Waals surface area contributed by atoms with Crippen molar-refractivity contribution in [1.82, 2.24) is 4.57 Å². The minimum atomic E-state index is 1.18. The molecule has 0 saturated heterocycles. The summed E-state index contributed by atoms with van der Waals surface area (Å²) in [5, 5.41) is 2.58. The molecule has 0 unspecified atom stereocenters. The SMILES string of the molecule is Cc1cc(-c2ccccc2)cc(-c2ccc(-n3c4ccccc4c4ccccc43)cc2)c1. The predicted molar refractivity (Wildman–Crippen MR) is 136 cm³/mol. The molecule has 0 fully saturated rings. The molecule has 0 aliphatic heterocycles. The summed E-state index contributed by atoms with van der Waals surface area (Å²) in [5.41, 5.74) is 9.92. The zero-order valence-corrected chi connectivity index (χ0v) is 18.0. The summed E-state index contributed by atoms with van der Waals surface area (Å²) in [7, 11) is 0. The van der Waals surface area contributed by atoms with Gasteiger partial charge in [-0.15, -0.1) is 0 Å². The third-order valence-corrected chi connectivity index (χ3v) is 6.22. The minimum Gasteiger partial charge on any atom is -0.309 e. The first kappa shape index (κ1) is 18.7. The second-order valence-corrected chi connectivity index (χ2v) is 8.37. The lowest BCUT2D eigenvalue weighted by Gasteiger charge is -2.11. The maximum absolute atomic E-state index is 2.36. The first-order valence-electron chi connectivity index (χ1n) is 11.0. The van der Waals surface area contributed by atoms with Gasteiger partial charge < -0.3 is 4.57 Å². The molecule has 6 aromatic rings. The van der Waals surface area contributed by atoms with Gasteiger partial charge in [0, 0.05) is 16.5 Å². The van der Waals surface area contributed by atoms with Crippen LogP contribution in [0.25, 0.3) is 49.7 Å². The van der Waals surface area contributed by atoms with Crippen LogP contribution in [0.1, 0.15) is 5.56 Å². The first-order chi connectivity index (χ1) is 15.8. The zero-order valence-electron chi connectivity index (χ0n) is 18.0. The third-order valence-electron chi connectivity index (χ3n) is 6.22. The number of fused-ring (bicyclic) bond motifs is 3. The third kappa shape index (κ3) is 3.11. The molecule has 0 aliphatic rings. The molecule has 0 amide bonds. The van der Waals surface area contributed by atoms with Crippen LogP contribution in [0.3, 0.4) is 0 Å². The summed E-state index contributed by atoms with van der Waals surface area (Å²) in [6.45, 7) is 2.17. The van der Waals surface area contributed by atoms with Crippen molar-refractivity contribution in [2.45, 2.75) is 6.92 Å². The maximum Gasteiger partial charge on any atom is 0.0541 e. The number of aryl methyl sites for hydroxylation is 1. The highest BCUT2D eigenvalue weighted by molar-refractivity contribution is 6.09. The molecule has 32 heavy (non-hydrogen) atoms. The normalized spacial score (nSPS) is 11.3. The molecule has 0 saturated carbocycles. The van der Waals surface area contributed by atoms with Crippen molar-refractivity contribution in [3.63, 3.8) is 0 Å². The van der Waals surface area contributed by atoms with Gasteiger partial charge in [-0.1, -0.05) is 91.0 Å². The van der Waals surface area contributed by atoms with E-state index in [4.69, 9.17) is 0 Å². The quantitative estimate of drug-likeness (QED) is 0.276. The highest BCUT2D eigenvalue weighted by atomic mass is 15.0. The van der Waals surface area contributed by atoms with Crippen LogP contribution in [-0.4, -0.2) is 4.57 Å². The van der Waals surface area contributed by atoms with Crippen molar-refractivity contribution in [2.75, 3.05) is 0 Å². The molecule has 1 heteroatoms. The van der Waals surface area contributed by atoms with E-state index in [0.717, 1.165) is 0 Å². The van der Waals surface area contributed by atoms with E-state index in [1.165, 1.54) is 55.3 Å². The van der Waals surface area contributed by atoms with Crippen LogP contribution >= 0.6 is 0 Å². The minimum absolute atomic E-state index is 1.18. The van der Waals surface area contributed by atoms with Crippen molar-refractivity contribution in [1.29, 1.82) is 0 Å². The van der Waals surface area contributed by atoms with Crippen molar-refractivity contribution < 1.29 is 0 Å². The fourth-order valence-corrected chi connectivity index (χ4v) is 4.75. The van der Waals surface area contributed by atoms with Crippen molar-refractivity contribution in [3.8, 4) is 27.9 Å². The molecule has 152 valence electrons. The molecular weight excluding hydrogens is 386 g/mol. The number of hydrogen-bond donors (Lipinski definition) is 0. The Morgan fingerprint density at radius 3 is 1.53 bits per heavy atom. The van der Waals surface area contributed by atoms with E-state index in [2.05, 4.69) is 133 Å². The second-order valence-electron chi connectivity index (χ2n) is 8.37. The summed E-state index contributed by atoms with van der Waals surface area (Å²) in [4.78, 5) is 0. The highest BCUT2D eigenvalue weighted by Crippen LogP contribution is 2.33. The Labute approximate surface area is 188 Å². The number of nitrogens with zero attached hydrogens (tertiary/aromatic N) is 1. The molecule has 1 heterocycles. The molecule has 1 aromatic heterocycles. The van der Waals surface area contributed by atoms with Crippen LogP contribution in [0.5, 0.6) is 0 Å². The van der Waals surface area contributed by atoms with E-state index in [1.807, 2.05) is 0 Å². The van der Waals surface area contributed by atoms with E-state index >= 15 is 0 Å². The molecule has 0 bridgehead atoms. The number of benzene rings is 5. The molecule has 0 atom stereocenters. The Hall–Kier alpha value is -4.10. The number of para-hydroxylation sites is 2. The summed E-state index contributed by atoms with van der Waals surface area (Å²) in [6, 6.07) is 43.6. The van der Waals surface area contributed by atoms with Gasteiger partial charge >= 0.3 is 0 Å². The molecule has 6 rings (SSSR count). The summed E-state index contributed by atoms with van der Waals surface area (Å²) < 4.78 is 2.36. The van der Waals surface area contributed by atoms with Crippen molar-refractivity contribution in [2.24, 2.45) is 0 Å². The predicted octanol–water partition coefficient (Wildman–Crippen LogP) is 8.43. The van der Waals surface area contributed by atoms with Gasteiger partial charge in [0.25, 0.3) is 0 Å². The van der Waals surface area contributed by atoms with Crippen LogP contribution in [0.15, 0.2) is 121 Å². The van der Waals surface area contributed by atoms with E-state index in [-0.39, 0.29) is 0 Å². The molecule has 0 aliphatic carbocycles. The fourth-order valence-electron chi connectivity index (χ4n) is 4.75. The maximum atomic E-state index is 2.36. The summed E-state index contributed by atoms with van der Waals surface area (Å²) in [6.07, 6.45) is 0. The van der Waals surface area contributed by atoms with Crippen LogP contribution in [0.4, 0.5) is 0 Å². The largest absolute Gasteiger partial charge is 0.309 e. The number of hydrogen-bond acceptors (Lipinski definition) is 0. The molecule has 5 aromatic carbocycles. The lowest BCUT2D eigenvalue weighted by molar-refractivity contribution is 1.18. The topological polar surface area (TPSA) is 4.93 Å². The Balaban J connectivity index is 1.46. The van der Waals surface area contributed by atoms with Gasteiger partial charge in [0.1, 0.15) is 0 Å². The molecule has 1 nitrogen and oxygen atoms in total. The smallest absolute Gasteiger partial charge is 0.0541 e. The second kappa shape index (κ2) is 7.55. The van der Waals surface area contributed by atoms with Gasteiger partial charge in [0.05, 0.1) is 11.0 Å². The lowest BCUT2D eigenvalue weighted by atomic mass is 9.96. The number of aromatic nitrogens is 1. The number of rotatable bonds is 3. The van der Waals surface area contributed by atoms with Crippen LogP contribution in [-0.2, 0) is 0 Å². The van der Waals surface area contributed by atoms with E-state index in [9.17, 15) is 0 Å². The molecular formula is C31H23N. The van der Waals surface area contributed by atoms with Gasteiger partial charge in [-0.25, -0.2) is 0 Å². The summed E-state index contributed by atoms with van der Waals surface area (Å²) in [5.74, 6) is 0. The summed E-state index contributed by atoms with van der Waals surface area (Å²) >= 11 is 0. The van der Waals surface area contributed by atoms with Gasteiger partial charge in [0.15, 0.2) is 0 Å². The fraction of sp³-hybridized carbons (Fsp3) is 0.0323. The Kier molecular flexibility index (Phi) is 4.40. The molecule has 0 spiro atoms. The standard InChI is InChI=1S/C31H23N/c1-22-19-25(23-9-3-2-4-10-23)21-26(20-22)24-15-17-27(18-16-24)32-30-13-7-5-11-28(30)29-12-6-8-14-31(29)32/h2-21H,1H3. The van der Waals surface area contributed by atoms with Crippen LogP contribution in [0.2, 0.25) is 0 Å². The monoisotopic (exact) mass is 409 g/mol. The van der Waals surface area contributed by atoms with Crippen molar-refractivity contribution in [3.05, 3.63) is 127 Å². The Bertz CT molecular complexity index is 1500. The van der Waals surface area contributed by atoms with E-state index in [0.29, 0.717) is 0 Å². The highest BCUT2D eigenvalue weighted by Gasteiger charge is 2.11. The average Bonchev–Trinajstić information content (AvgIpc) is 3.19. The molecule has 0 radical (unpaired) electrons. The van der Waals surface area contributed by atoms with Crippen LogP contribution in [0, 0.1) is 6.92 Å². The Morgan fingerprint density at radius 2 is 0.938 bits per heavy atom. The van der Waals surface area contributed by atoms with Gasteiger partial charge in [-0.3, -0.25) is 0 Å².